The summed E-state index contributed by atoms with van der Waals surface area (Å²) in [6.07, 6.45) is 1.83. The SMILES string of the molecule is CC(C)c1nn(C)cc1-c1cc(Cl)ccc1C(=O)O. The van der Waals surface area contributed by atoms with Crippen LogP contribution in [0.1, 0.15) is 35.8 Å². The van der Waals surface area contributed by atoms with Crippen molar-refractivity contribution in [2.75, 3.05) is 0 Å². The lowest BCUT2D eigenvalue weighted by Crippen LogP contribution is -2.01. The molecule has 1 N–H and O–H groups in total. The number of carboxylic acid groups (broad SMARTS) is 1. The molecule has 0 bridgehead atoms. The molecular formula is C14H15ClN2O2. The largest absolute Gasteiger partial charge is 0.478 e. The first-order chi connectivity index (χ1) is 8.90. The van der Waals surface area contributed by atoms with Crippen molar-refractivity contribution < 1.29 is 9.90 Å². The van der Waals surface area contributed by atoms with Crippen molar-refractivity contribution in [1.82, 2.24) is 9.78 Å². The molecule has 1 aromatic heterocycles. The molecule has 1 heterocycles. The van der Waals surface area contributed by atoms with Gasteiger partial charge in [-0.25, -0.2) is 4.79 Å². The van der Waals surface area contributed by atoms with Gasteiger partial charge in [0.2, 0.25) is 0 Å². The van der Waals surface area contributed by atoms with E-state index in [0.29, 0.717) is 10.6 Å². The summed E-state index contributed by atoms with van der Waals surface area (Å²) in [7, 11) is 1.82. The van der Waals surface area contributed by atoms with Crippen LogP contribution in [-0.2, 0) is 7.05 Å². The lowest BCUT2D eigenvalue weighted by Gasteiger charge is -2.09. The Kier molecular flexibility index (Phi) is 3.62. The van der Waals surface area contributed by atoms with E-state index in [2.05, 4.69) is 5.10 Å². The Hall–Kier alpha value is -1.81. The molecule has 19 heavy (non-hydrogen) atoms. The van der Waals surface area contributed by atoms with Gasteiger partial charge < -0.3 is 5.11 Å². The standard InChI is InChI=1S/C14H15ClN2O2/c1-8(2)13-12(7-17(3)16-13)11-6-9(15)4-5-10(11)14(18)19/h4-8H,1-3H3,(H,18,19). The Labute approximate surface area is 116 Å². The molecule has 4 nitrogen and oxygen atoms in total. The molecule has 5 heteroatoms. The van der Waals surface area contributed by atoms with E-state index < -0.39 is 5.97 Å². The van der Waals surface area contributed by atoms with Crippen LogP contribution in [0.15, 0.2) is 24.4 Å². The molecule has 2 aromatic rings. The Balaban J connectivity index is 2.70. The fourth-order valence-corrected chi connectivity index (χ4v) is 2.24. The summed E-state index contributed by atoms with van der Waals surface area (Å²) in [4.78, 5) is 11.3. The monoisotopic (exact) mass is 278 g/mol. The maximum atomic E-state index is 11.3. The summed E-state index contributed by atoms with van der Waals surface area (Å²) in [6, 6.07) is 4.78. The zero-order chi connectivity index (χ0) is 14.2. The number of rotatable bonds is 3. The highest BCUT2D eigenvalue weighted by molar-refractivity contribution is 6.31. The maximum absolute atomic E-state index is 11.3. The van der Waals surface area contributed by atoms with Crippen LogP contribution in [0.4, 0.5) is 0 Å². The molecule has 0 saturated heterocycles. The number of hydrogen-bond acceptors (Lipinski definition) is 2. The van der Waals surface area contributed by atoms with Gasteiger partial charge in [0.05, 0.1) is 11.3 Å². The number of aryl methyl sites for hydroxylation is 1. The highest BCUT2D eigenvalue weighted by Gasteiger charge is 2.19. The maximum Gasteiger partial charge on any atom is 0.336 e. The molecule has 0 aliphatic heterocycles. The Morgan fingerprint density at radius 2 is 2.05 bits per heavy atom. The van der Waals surface area contributed by atoms with Crippen LogP contribution in [0.2, 0.25) is 5.02 Å². The van der Waals surface area contributed by atoms with Crippen molar-refractivity contribution in [3.05, 3.63) is 40.7 Å². The summed E-state index contributed by atoms with van der Waals surface area (Å²) in [6.45, 7) is 4.05. The molecular weight excluding hydrogens is 264 g/mol. The molecule has 0 aliphatic carbocycles. The molecule has 0 saturated carbocycles. The van der Waals surface area contributed by atoms with Crippen LogP contribution in [-0.4, -0.2) is 20.9 Å². The molecule has 100 valence electrons. The summed E-state index contributed by atoms with van der Waals surface area (Å²) < 4.78 is 1.69. The molecule has 0 amide bonds. The van der Waals surface area contributed by atoms with Crippen molar-refractivity contribution in [3.8, 4) is 11.1 Å². The highest BCUT2D eigenvalue weighted by Crippen LogP contribution is 2.32. The number of carbonyl (C=O) groups is 1. The van der Waals surface area contributed by atoms with Crippen LogP contribution in [0.25, 0.3) is 11.1 Å². The van der Waals surface area contributed by atoms with E-state index in [1.165, 1.54) is 6.07 Å². The van der Waals surface area contributed by atoms with Gasteiger partial charge in [-0.3, -0.25) is 4.68 Å². The van der Waals surface area contributed by atoms with Crippen LogP contribution >= 0.6 is 11.6 Å². The van der Waals surface area contributed by atoms with Gasteiger partial charge in [-0.2, -0.15) is 5.10 Å². The van der Waals surface area contributed by atoms with Gasteiger partial charge in [0, 0.05) is 29.4 Å². The molecule has 0 fully saturated rings. The first-order valence-electron chi connectivity index (χ1n) is 5.97. The average molecular weight is 279 g/mol. The van der Waals surface area contributed by atoms with Gasteiger partial charge in [-0.05, 0) is 24.1 Å². The van der Waals surface area contributed by atoms with Crippen molar-refractivity contribution >= 4 is 17.6 Å². The van der Waals surface area contributed by atoms with Gasteiger partial charge in [-0.1, -0.05) is 25.4 Å². The van der Waals surface area contributed by atoms with Crippen molar-refractivity contribution in [3.63, 3.8) is 0 Å². The highest BCUT2D eigenvalue weighted by atomic mass is 35.5. The predicted octanol–water partition coefficient (Wildman–Crippen LogP) is 3.56. The summed E-state index contributed by atoms with van der Waals surface area (Å²) in [5.74, 6) is -0.762. The molecule has 0 spiro atoms. The van der Waals surface area contributed by atoms with Crippen LogP contribution in [0, 0.1) is 0 Å². The van der Waals surface area contributed by atoms with Crippen LogP contribution in [0.3, 0.4) is 0 Å². The number of carboxylic acids is 1. The minimum Gasteiger partial charge on any atom is -0.478 e. The van der Waals surface area contributed by atoms with Crippen molar-refractivity contribution in [2.24, 2.45) is 7.05 Å². The second-order valence-electron chi connectivity index (χ2n) is 4.75. The fourth-order valence-electron chi connectivity index (χ4n) is 2.07. The van der Waals surface area contributed by atoms with Gasteiger partial charge in [0.1, 0.15) is 0 Å². The zero-order valence-electron chi connectivity index (χ0n) is 11.0. The lowest BCUT2D eigenvalue weighted by molar-refractivity contribution is 0.0697. The molecule has 0 radical (unpaired) electrons. The van der Waals surface area contributed by atoms with E-state index in [-0.39, 0.29) is 11.5 Å². The lowest BCUT2D eigenvalue weighted by atomic mass is 9.96. The van der Waals surface area contributed by atoms with Gasteiger partial charge >= 0.3 is 5.97 Å². The van der Waals surface area contributed by atoms with E-state index in [1.54, 1.807) is 16.8 Å². The molecule has 0 aliphatic rings. The van der Waals surface area contributed by atoms with Crippen LogP contribution < -0.4 is 0 Å². The second-order valence-corrected chi connectivity index (χ2v) is 5.19. The molecule has 0 atom stereocenters. The topological polar surface area (TPSA) is 55.1 Å². The minimum absolute atomic E-state index is 0.205. The van der Waals surface area contributed by atoms with Gasteiger partial charge in [-0.15, -0.1) is 0 Å². The smallest absolute Gasteiger partial charge is 0.336 e. The third-order valence-electron chi connectivity index (χ3n) is 2.91. The van der Waals surface area contributed by atoms with E-state index in [9.17, 15) is 9.90 Å². The minimum atomic E-state index is -0.967. The molecule has 2 rings (SSSR count). The third-order valence-corrected chi connectivity index (χ3v) is 3.14. The third kappa shape index (κ3) is 2.63. The molecule has 1 aromatic carbocycles. The predicted molar refractivity (Wildman–Crippen MR) is 74.7 cm³/mol. The molecule has 0 unspecified atom stereocenters. The number of benzene rings is 1. The average Bonchev–Trinajstić information content (AvgIpc) is 2.70. The van der Waals surface area contributed by atoms with Crippen molar-refractivity contribution in [1.29, 1.82) is 0 Å². The number of hydrogen-bond donors (Lipinski definition) is 1. The number of halogens is 1. The van der Waals surface area contributed by atoms with E-state index in [1.807, 2.05) is 27.1 Å². The Morgan fingerprint density at radius 1 is 1.37 bits per heavy atom. The van der Waals surface area contributed by atoms with Gasteiger partial charge in [0.25, 0.3) is 0 Å². The first-order valence-corrected chi connectivity index (χ1v) is 6.34. The number of aromatic nitrogens is 2. The fraction of sp³-hybridized carbons (Fsp3) is 0.286. The quantitative estimate of drug-likeness (QED) is 0.934. The van der Waals surface area contributed by atoms with Crippen LogP contribution in [0.5, 0.6) is 0 Å². The normalized spacial score (nSPS) is 11.0. The first kappa shape index (κ1) is 13.6. The summed E-state index contributed by atoms with van der Waals surface area (Å²) in [5.41, 5.74) is 2.53. The Morgan fingerprint density at radius 3 is 2.63 bits per heavy atom. The van der Waals surface area contributed by atoms with E-state index in [0.717, 1.165) is 11.3 Å². The second kappa shape index (κ2) is 5.05. The van der Waals surface area contributed by atoms with E-state index in [4.69, 9.17) is 11.6 Å². The number of aromatic carboxylic acids is 1. The van der Waals surface area contributed by atoms with E-state index >= 15 is 0 Å². The number of nitrogens with zero attached hydrogens (tertiary/aromatic N) is 2. The van der Waals surface area contributed by atoms with Gasteiger partial charge in [0.15, 0.2) is 0 Å². The zero-order valence-corrected chi connectivity index (χ0v) is 11.8. The van der Waals surface area contributed by atoms with Crippen molar-refractivity contribution in [2.45, 2.75) is 19.8 Å². The Bertz CT molecular complexity index is 632. The summed E-state index contributed by atoms with van der Waals surface area (Å²) >= 11 is 5.99. The summed E-state index contributed by atoms with van der Waals surface area (Å²) in [5, 5.41) is 14.2.